The van der Waals surface area contributed by atoms with Crippen molar-refractivity contribution in [1.82, 2.24) is 15.3 Å². The quantitative estimate of drug-likeness (QED) is 0.242. The molecule has 1 N–H and O–H groups in total. The summed E-state index contributed by atoms with van der Waals surface area (Å²) in [6.45, 7) is 0.341. The van der Waals surface area contributed by atoms with Gasteiger partial charge in [0.25, 0.3) is 0 Å². The molecule has 0 saturated carbocycles. The number of aromatic nitrogens is 2. The molecule has 0 spiro atoms. The van der Waals surface area contributed by atoms with Gasteiger partial charge in [0.1, 0.15) is 16.8 Å². The van der Waals surface area contributed by atoms with Crippen LogP contribution < -0.4 is 5.32 Å². The molecule has 1 aliphatic carbocycles. The molecule has 0 aliphatic heterocycles. The van der Waals surface area contributed by atoms with E-state index >= 15 is 0 Å². The van der Waals surface area contributed by atoms with Gasteiger partial charge >= 0.3 is 6.09 Å². The fourth-order valence-electron chi connectivity index (χ4n) is 4.20. The second kappa shape index (κ2) is 10.3. The minimum atomic E-state index is -0.547. The first-order chi connectivity index (χ1) is 17.2. The lowest BCUT2D eigenvalue weighted by Gasteiger charge is -2.15. The zero-order valence-electron chi connectivity index (χ0n) is 18.5. The normalized spacial score (nSPS) is 12.0. The summed E-state index contributed by atoms with van der Waals surface area (Å²) in [5.74, 6) is -0.0211. The summed E-state index contributed by atoms with van der Waals surface area (Å²) in [5, 5.41) is 3.59. The van der Waals surface area contributed by atoms with Gasteiger partial charge in [-0.1, -0.05) is 71.9 Å². The topological polar surface area (TPSA) is 81.2 Å². The summed E-state index contributed by atoms with van der Waals surface area (Å²) in [6.07, 6.45) is 3.40. The lowest BCUT2D eigenvalue weighted by molar-refractivity contribution is 0.112. The molecule has 0 atom stereocenters. The zero-order valence-corrected chi connectivity index (χ0v) is 20.1. The van der Waals surface area contributed by atoms with Crippen LogP contribution in [0.2, 0.25) is 5.15 Å². The summed E-state index contributed by atoms with van der Waals surface area (Å²) in [5.41, 5.74) is 5.74. The van der Waals surface area contributed by atoms with Gasteiger partial charge in [-0.15, -0.1) is 0 Å². The summed E-state index contributed by atoms with van der Waals surface area (Å²) in [6, 6.07) is 21.5. The van der Waals surface area contributed by atoms with Crippen molar-refractivity contribution in [2.75, 3.05) is 6.61 Å². The summed E-state index contributed by atoms with van der Waals surface area (Å²) in [7, 11) is 0. The van der Waals surface area contributed by atoms with Crippen molar-refractivity contribution in [3.05, 3.63) is 107 Å². The highest BCUT2D eigenvalue weighted by atomic mass is 35.5. The van der Waals surface area contributed by atoms with Gasteiger partial charge in [0.15, 0.2) is 6.29 Å². The Labute approximate surface area is 211 Å². The number of alkyl carbamates (subject to hydrolysis) is 1. The highest BCUT2D eigenvalue weighted by molar-refractivity contribution is 7.99. The predicted octanol–water partition coefficient (Wildman–Crippen LogP) is 6.13. The molecule has 5 rings (SSSR count). The molecule has 2 heterocycles. The van der Waals surface area contributed by atoms with Gasteiger partial charge in [-0.3, -0.25) is 4.79 Å². The van der Waals surface area contributed by atoms with E-state index in [1.165, 1.54) is 22.9 Å². The number of benzene rings is 2. The van der Waals surface area contributed by atoms with Gasteiger partial charge in [0.2, 0.25) is 0 Å². The molecular formula is C27H20ClN3O3S. The number of amides is 1. The van der Waals surface area contributed by atoms with Crippen molar-refractivity contribution >= 4 is 35.7 Å². The Bertz CT molecular complexity index is 1370. The molecule has 1 amide bonds. The van der Waals surface area contributed by atoms with Crippen LogP contribution in [-0.2, 0) is 11.3 Å². The van der Waals surface area contributed by atoms with Gasteiger partial charge in [-0.2, -0.15) is 0 Å². The second-order valence-electron chi connectivity index (χ2n) is 7.88. The lowest BCUT2D eigenvalue weighted by atomic mass is 9.98. The first-order valence-corrected chi connectivity index (χ1v) is 12.2. The van der Waals surface area contributed by atoms with E-state index in [-0.39, 0.29) is 24.2 Å². The van der Waals surface area contributed by atoms with E-state index in [0.717, 1.165) is 22.3 Å². The third-order valence-electron chi connectivity index (χ3n) is 5.85. The molecule has 0 fully saturated rings. The minimum Gasteiger partial charge on any atom is -0.449 e. The average Bonchev–Trinajstić information content (AvgIpc) is 3.21. The zero-order chi connectivity index (χ0) is 24.2. The standard InChI is InChI=1S/C27H20ClN3O3S/c28-25-22(24(11-13-29-25)35-26-17(15-32)6-5-12-30-26)14-31-27(33)34-16-23-20-9-3-1-7-18(20)19-8-2-4-10-21(19)23/h1-13,15,23H,14,16H2,(H,31,33). The number of fused-ring (bicyclic) bond motifs is 3. The summed E-state index contributed by atoms with van der Waals surface area (Å²) < 4.78 is 5.62. The Morgan fingerprint density at radius 2 is 1.69 bits per heavy atom. The Hall–Kier alpha value is -3.68. The number of halogens is 1. The number of hydrogen-bond donors (Lipinski definition) is 1. The number of rotatable bonds is 7. The van der Waals surface area contributed by atoms with E-state index in [0.29, 0.717) is 16.2 Å². The first-order valence-electron chi connectivity index (χ1n) is 11.0. The molecule has 2 aromatic carbocycles. The largest absolute Gasteiger partial charge is 0.449 e. The predicted molar refractivity (Wildman–Crippen MR) is 135 cm³/mol. The maximum atomic E-state index is 12.6. The van der Waals surface area contributed by atoms with Gasteiger partial charge < -0.3 is 10.1 Å². The highest BCUT2D eigenvalue weighted by Gasteiger charge is 2.29. The highest BCUT2D eigenvalue weighted by Crippen LogP contribution is 2.44. The molecule has 0 saturated heterocycles. The van der Waals surface area contributed by atoms with E-state index in [2.05, 4.69) is 39.6 Å². The number of aldehydes is 1. The number of pyridine rings is 2. The molecule has 0 unspecified atom stereocenters. The van der Waals surface area contributed by atoms with Gasteiger partial charge in [-0.05, 0) is 40.5 Å². The van der Waals surface area contributed by atoms with Crippen molar-refractivity contribution < 1.29 is 14.3 Å². The molecule has 1 aliphatic rings. The summed E-state index contributed by atoms with van der Waals surface area (Å²) in [4.78, 5) is 33.1. The Morgan fingerprint density at radius 1 is 0.971 bits per heavy atom. The Balaban J connectivity index is 1.27. The molecule has 35 heavy (non-hydrogen) atoms. The van der Waals surface area contributed by atoms with E-state index in [1.807, 2.05) is 24.3 Å². The number of nitrogens with one attached hydrogen (secondary N) is 1. The monoisotopic (exact) mass is 501 g/mol. The number of carbonyl (C=O) groups is 2. The van der Waals surface area contributed by atoms with Crippen molar-refractivity contribution in [2.45, 2.75) is 22.4 Å². The summed E-state index contributed by atoms with van der Waals surface area (Å²) >= 11 is 7.63. The van der Waals surface area contributed by atoms with Gasteiger partial charge in [-0.25, -0.2) is 14.8 Å². The third-order valence-corrected chi connectivity index (χ3v) is 7.31. The van der Waals surface area contributed by atoms with Crippen molar-refractivity contribution in [1.29, 1.82) is 0 Å². The first kappa shape index (κ1) is 23.1. The van der Waals surface area contributed by atoms with Crippen LogP contribution in [0.3, 0.4) is 0 Å². The Kier molecular flexibility index (Phi) is 6.79. The van der Waals surface area contributed by atoms with E-state index < -0.39 is 6.09 Å². The van der Waals surface area contributed by atoms with Crippen LogP contribution in [0, 0.1) is 0 Å². The second-order valence-corrected chi connectivity index (χ2v) is 9.26. The Morgan fingerprint density at radius 3 is 2.40 bits per heavy atom. The smallest absolute Gasteiger partial charge is 0.407 e. The van der Waals surface area contributed by atoms with Crippen molar-refractivity contribution in [3.63, 3.8) is 0 Å². The fourth-order valence-corrected chi connectivity index (χ4v) is 5.46. The van der Waals surface area contributed by atoms with Gasteiger partial charge in [0, 0.05) is 34.3 Å². The molecule has 0 bridgehead atoms. The third kappa shape index (κ3) is 4.78. The average molecular weight is 502 g/mol. The van der Waals surface area contributed by atoms with E-state index in [9.17, 15) is 9.59 Å². The molecule has 8 heteroatoms. The molecule has 174 valence electrons. The molecule has 4 aromatic rings. The van der Waals surface area contributed by atoms with Crippen LogP contribution in [0.1, 0.15) is 33.0 Å². The fraction of sp³-hybridized carbons (Fsp3) is 0.111. The lowest BCUT2D eigenvalue weighted by Crippen LogP contribution is -2.26. The van der Waals surface area contributed by atoms with E-state index in [4.69, 9.17) is 16.3 Å². The van der Waals surface area contributed by atoms with Crippen LogP contribution >= 0.6 is 23.4 Å². The number of carbonyl (C=O) groups excluding carboxylic acids is 2. The van der Waals surface area contributed by atoms with Crippen LogP contribution in [0.4, 0.5) is 4.79 Å². The number of ether oxygens (including phenoxy) is 1. The number of hydrogen-bond acceptors (Lipinski definition) is 6. The molecule has 0 radical (unpaired) electrons. The molecule has 2 aromatic heterocycles. The van der Waals surface area contributed by atoms with Crippen LogP contribution in [0.5, 0.6) is 0 Å². The SMILES string of the molecule is O=Cc1cccnc1Sc1ccnc(Cl)c1CNC(=O)OCC1c2ccccc2-c2ccccc21. The molecular weight excluding hydrogens is 482 g/mol. The van der Waals surface area contributed by atoms with Gasteiger partial charge in [0.05, 0.1) is 6.54 Å². The maximum Gasteiger partial charge on any atom is 0.407 e. The van der Waals surface area contributed by atoms with Crippen molar-refractivity contribution in [2.24, 2.45) is 0 Å². The van der Waals surface area contributed by atoms with E-state index in [1.54, 1.807) is 30.6 Å². The van der Waals surface area contributed by atoms with Crippen LogP contribution in [-0.4, -0.2) is 29.0 Å². The van der Waals surface area contributed by atoms with Crippen LogP contribution in [0.25, 0.3) is 11.1 Å². The maximum absolute atomic E-state index is 12.6. The number of nitrogens with zero attached hydrogens (tertiary/aromatic N) is 2. The minimum absolute atomic E-state index is 0.0211. The van der Waals surface area contributed by atoms with Crippen molar-refractivity contribution in [3.8, 4) is 11.1 Å². The van der Waals surface area contributed by atoms with Crippen LogP contribution in [0.15, 0.2) is 89.0 Å². The molecule has 6 nitrogen and oxygen atoms in total.